The number of methoxy groups -OCH3 is 1. The fourth-order valence-corrected chi connectivity index (χ4v) is 7.74. The molecular formula is C26H34N2O5. The van der Waals surface area contributed by atoms with Crippen LogP contribution in [0.5, 0.6) is 0 Å². The van der Waals surface area contributed by atoms with E-state index in [0.29, 0.717) is 18.3 Å². The fraction of sp³-hybridized carbons (Fsp3) is 0.654. The van der Waals surface area contributed by atoms with E-state index < -0.39 is 16.6 Å². The molecule has 178 valence electrons. The molecule has 4 bridgehead atoms. The predicted octanol–water partition coefficient (Wildman–Crippen LogP) is 2.23. The van der Waals surface area contributed by atoms with Crippen molar-refractivity contribution in [1.82, 2.24) is 10.2 Å². The standard InChI is InChI=1S/C26H34N2O5/c1-17-5-3-4-6-20(17)26(15-22(30)28(23(26)31)7-8-33-2)14-21(29)27-24-10-18-9-19(11-24)13-25(32,12-18)16-24/h3-6,18-19,32H,7-16H2,1-2H3,(H,27,29)/t18-,19-,24?,25?,26+/m0/s1. The zero-order valence-electron chi connectivity index (χ0n) is 19.6. The summed E-state index contributed by atoms with van der Waals surface area (Å²) in [5, 5.41) is 14.3. The van der Waals surface area contributed by atoms with Crippen LogP contribution in [0.1, 0.15) is 62.5 Å². The summed E-state index contributed by atoms with van der Waals surface area (Å²) in [6.07, 6.45) is 5.07. The van der Waals surface area contributed by atoms with Crippen molar-refractivity contribution in [3.63, 3.8) is 0 Å². The monoisotopic (exact) mass is 454 g/mol. The Morgan fingerprint density at radius 3 is 2.52 bits per heavy atom. The van der Waals surface area contributed by atoms with Gasteiger partial charge in [0.25, 0.3) is 0 Å². The minimum absolute atomic E-state index is 0.0178. The third-order valence-corrected chi connectivity index (χ3v) is 8.49. The number of hydrogen-bond donors (Lipinski definition) is 2. The molecule has 1 aromatic carbocycles. The second-order valence-electron chi connectivity index (χ2n) is 11.1. The van der Waals surface area contributed by atoms with Gasteiger partial charge in [0, 0.05) is 25.5 Å². The van der Waals surface area contributed by atoms with Gasteiger partial charge in [-0.1, -0.05) is 24.3 Å². The normalized spacial score (nSPS) is 37.1. The van der Waals surface area contributed by atoms with Crippen LogP contribution in [0.15, 0.2) is 24.3 Å². The maximum atomic E-state index is 13.7. The molecule has 7 nitrogen and oxygen atoms in total. The molecule has 3 amide bonds. The first-order chi connectivity index (χ1) is 15.7. The topological polar surface area (TPSA) is 95.9 Å². The quantitative estimate of drug-likeness (QED) is 0.616. The van der Waals surface area contributed by atoms with Crippen LogP contribution < -0.4 is 5.32 Å². The van der Waals surface area contributed by atoms with Crippen LogP contribution in [0.25, 0.3) is 0 Å². The molecule has 0 radical (unpaired) electrons. The molecule has 4 aliphatic carbocycles. The summed E-state index contributed by atoms with van der Waals surface area (Å²) < 4.78 is 5.10. The first kappa shape index (κ1) is 22.5. The van der Waals surface area contributed by atoms with Crippen molar-refractivity contribution in [3.8, 4) is 0 Å². The summed E-state index contributed by atoms with van der Waals surface area (Å²) >= 11 is 0. The highest BCUT2D eigenvalue weighted by molar-refractivity contribution is 6.11. The Hall–Kier alpha value is -2.25. The highest BCUT2D eigenvalue weighted by Crippen LogP contribution is 2.57. The summed E-state index contributed by atoms with van der Waals surface area (Å²) in [7, 11) is 1.53. The van der Waals surface area contributed by atoms with E-state index in [-0.39, 0.29) is 43.7 Å². The molecule has 4 saturated carbocycles. The van der Waals surface area contributed by atoms with Gasteiger partial charge in [0.15, 0.2) is 0 Å². The molecular weight excluding hydrogens is 420 g/mol. The van der Waals surface area contributed by atoms with Crippen molar-refractivity contribution >= 4 is 17.7 Å². The SMILES string of the molecule is COCCN1C(=O)C[C@](CC(=O)NC23C[C@@H]4C[C@H](CC(O)(C4)C2)C3)(c2ccccc2C)C1=O. The Labute approximate surface area is 194 Å². The number of carbonyl (C=O) groups is 3. The number of rotatable bonds is 7. The van der Waals surface area contributed by atoms with Gasteiger partial charge in [-0.2, -0.15) is 0 Å². The van der Waals surface area contributed by atoms with Gasteiger partial charge in [0.1, 0.15) is 0 Å². The number of ether oxygens (including phenoxy) is 1. The van der Waals surface area contributed by atoms with Gasteiger partial charge in [-0.3, -0.25) is 19.3 Å². The lowest BCUT2D eigenvalue weighted by Gasteiger charge is -2.60. The lowest BCUT2D eigenvalue weighted by atomic mass is 9.51. The van der Waals surface area contributed by atoms with Crippen LogP contribution in [0, 0.1) is 18.8 Å². The minimum atomic E-state index is -1.21. The maximum Gasteiger partial charge on any atom is 0.240 e. The van der Waals surface area contributed by atoms with Gasteiger partial charge < -0.3 is 15.2 Å². The highest BCUT2D eigenvalue weighted by atomic mass is 16.5. The van der Waals surface area contributed by atoms with Crippen LogP contribution in [0.2, 0.25) is 0 Å². The Bertz CT molecular complexity index is 977. The number of imide groups is 1. The number of hydrogen-bond acceptors (Lipinski definition) is 5. The van der Waals surface area contributed by atoms with E-state index in [1.165, 1.54) is 12.0 Å². The summed E-state index contributed by atoms with van der Waals surface area (Å²) in [4.78, 5) is 41.4. The lowest BCUT2D eigenvalue weighted by Crippen LogP contribution is -2.65. The first-order valence-electron chi connectivity index (χ1n) is 12.1. The number of carbonyl (C=O) groups excluding carboxylic acids is 3. The van der Waals surface area contributed by atoms with Crippen molar-refractivity contribution < 1.29 is 24.2 Å². The lowest BCUT2D eigenvalue weighted by molar-refractivity contribution is -0.152. The zero-order chi connectivity index (χ0) is 23.4. The molecule has 5 fully saturated rings. The van der Waals surface area contributed by atoms with Crippen LogP contribution in [-0.2, 0) is 24.5 Å². The molecule has 7 heteroatoms. The van der Waals surface area contributed by atoms with Gasteiger partial charge in [-0.15, -0.1) is 0 Å². The Balaban J connectivity index is 1.43. The molecule has 3 atom stereocenters. The molecule has 1 aliphatic heterocycles. The third-order valence-electron chi connectivity index (χ3n) is 8.49. The van der Waals surface area contributed by atoms with Gasteiger partial charge in [0.05, 0.1) is 24.2 Å². The van der Waals surface area contributed by atoms with E-state index in [4.69, 9.17) is 4.74 Å². The van der Waals surface area contributed by atoms with Crippen molar-refractivity contribution in [1.29, 1.82) is 0 Å². The van der Waals surface area contributed by atoms with Gasteiger partial charge in [0.2, 0.25) is 17.7 Å². The van der Waals surface area contributed by atoms with Crippen LogP contribution >= 0.6 is 0 Å². The molecule has 1 saturated heterocycles. The minimum Gasteiger partial charge on any atom is -0.390 e. The zero-order valence-corrected chi connectivity index (χ0v) is 19.6. The van der Waals surface area contributed by atoms with E-state index in [0.717, 1.165) is 43.2 Å². The second-order valence-corrected chi connectivity index (χ2v) is 11.1. The average molecular weight is 455 g/mol. The van der Waals surface area contributed by atoms with Crippen LogP contribution in [-0.4, -0.2) is 59.1 Å². The smallest absolute Gasteiger partial charge is 0.240 e. The fourth-order valence-electron chi connectivity index (χ4n) is 7.74. The molecule has 2 N–H and O–H groups in total. The van der Waals surface area contributed by atoms with Crippen molar-refractivity contribution in [3.05, 3.63) is 35.4 Å². The van der Waals surface area contributed by atoms with Gasteiger partial charge >= 0.3 is 0 Å². The van der Waals surface area contributed by atoms with E-state index in [1.54, 1.807) is 0 Å². The maximum absolute atomic E-state index is 13.7. The van der Waals surface area contributed by atoms with Gasteiger partial charge in [-0.05, 0) is 68.4 Å². The first-order valence-corrected chi connectivity index (χ1v) is 12.1. The van der Waals surface area contributed by atoms with E-state index in [2.05, 4.69) is 5.32 Å². The van der Waals surface area contributed by atoms with Gasteiger partial charge in [-0.25, -0.2) is 0 Å². The number of aryl methyl sites for hydroxylation is 1. The van der Waals surface area contributed by atoms with Crippen molar-refractivity contribution in [2.24, 2.45) is 11.8 Å². The number of amides is 3. The molecule has 33 heavy (non-hydrogen) atoms. The average Bonchev–Trinajstić information content (AvgIpc) is 2.94. The third kappa shape index (κ3) is 3.79. The molecule has 0 spiro atoms. The molecule has 1 heterocycles. The molecule has 0 unspecified atom stereocenters. The number of aliphatic hydroxyl groups is 1. The second kappa shape index (κ2) is 7.91. The molecule has 5 aliphatic rings. The van der Waals surface area contributed by atoms with Crippen LogP contribution in [0.4, 0.5) is 0 Å². The summed E-state index contributed by atoms with van der Waals surface area (Å²) in [6.45, 7) is 2.36. The summed E-state index contributed by atoms with van der Waals surface area (Å²) in [5.41, 5.74) is -0.656. The van der Waals surface area contributed by atoms with E-state index in [1.807, 2.05) is 31.2 Å². The Morgan fingerprint density at radius 2 is 1.88 bits per heavy atom. The van der Waals surface area contributed by atoms with Crippen LogP contribution in [0.3, 0.4) is 0 Å². The molecule has 6 rings (SSSR count). The Kier molecular flexibility index (Phi) is 5.40. The summed E-state index contributed by atoms with van der Waals surface area (Å²) in [6, 6.07) is 7.53. The van der Waals surface area contributed by atoms with E-state index in [9.17, 15) is 19.5 Å². The summed E-state index contributed by atoms with van der Waals surface area (Å²) in [5.74, 6) is 0.0936. The van der Waals surface area contributed by atoms with Crippen molar-refractivity contribution in [2.75, 3.05) is 20.3 Å². The number of likely N-dealkylation sites (tertiary alicyclic amines) is 1. The number of nitrogens with one attached hydrogen (secondary N) is 1. The molecule has 0 aromatic heterocycles. The molecule has 1 aromatic rings. The van der Waals surface area contributed by atoms with Crippen molar-refractivity contribution in [2.45, 2.75) is 74.8 Å². The van der Waals surface area contributed by atoms with E-state index >= 15 is 0 Å². The number of nitrogens with zero attached hydrogens (tertiary/aromatic N) is 1. The largest absolute Gasteiger partial charge is 0.390 e. The number of benzene rings is 1. The Morgan fingerprint density at radius 1 is 1.18 bits per heavy atom. The predicted molar refractivity (Wildman–Crippen MR) is 121 cm³/mol. The highest BCUT2D eigenvalue weighted by Gasteiger charge is 2.59.